The van der Waals surface area contributed by atoms with Gasteiger partial charge in [-0.25, -0.2) is 0 Å². The van der Waals surface area contributed by atoms with Crippen molar-refractivity contribution >= 4 is 0 Å². The Bertz CT molecular complexity index is 87.2. The van der Waals surface area contributed by atoms with Crippen LogP contribution in [-0.2, 0) is 32.7 Å². The molecule has 0 amide bonds. The summed E-state index contributed by atoms with van der Waals surface area (Å²) < 4.78 is 0. The molecule has 0 saturated heterocycles. The van der Waals surface area contributed by atoms with Crippen molar-refractivity contribution in [3.8, 4) is 0 Å². The Morgan fingerprint density at radius 1 is 1.56 bits per heavy atom. The Morgan fingerprint density at radius 2 is 1.89 bits per heavy atom. The van der Waals surface area contributed by atoms with Gasteiger partial charge in [0.05, 0.1) is 0 Å². The van der Waals surface area contributed by atoms with Gasteiger partial charge in [-0.1, -0.05) is 25.8 Å². The number of hydrogen-bond acceptors (Lipinski definition) is 0. The monoisotopic (exact) mass is 200 g/mol. The molecule has 0 heterocycles. The van der Waals surface area contributed by atoms with Crippen LogP contribution in [0.25, 0.3) is 0 Å². The van der Waals surface area contributed by atoms with E-state index in [-0.39, 0.29) is 38.1 Å². The molecule has 9 heavy (non-hydrogen) atoms. The molecule has 0 aliphatic rings. The first kappa shape index (κ1) is 12.5. The maximum atomic E-state index is 3.95. The van der Waals surface area contributed by atoms with Crippen molar-refractivity contribution in [1.82, 2.24) is 0 Å². The molecule has 0 atom stereocenters. The standard InChI is InChI=1S/C8H15.Y/c1-7(2)6-8(3,4)5;/h1,3,6H2,2,4-5H3;/q-1;. The van der Waals surface area contributed by atoms with Crippen LogP contribution in [0.3, 0.4) is 0 Å². The quantitative estimate of drug-likeness (QED) is 0.475. The summed E-state index contributed by atoms with van der Waals surface area (Å²) in [6, 6.07) is 0. The van der Waals surface area contributed by atoms with Crippen LogP contribution in [0.5, 0.6) is 0 Å². The van der Waals surface area contributed by atoms with E-state index in [1.807, 2.05) is 6.92 Å². The molecule has 0 spiro atoms. The van der Waals surface area contributed by atoms with Crippen molar-refractivity contribution in [3.63, 3.8) is 0 Å². The van der Waals surface area contributed by atoms with E-state index in [4.69, 9.17) is 0 Å². The van der Waals surface area contributed by atoms with Gasteiger partial charge in [-0.3, -0.25) is 0 Å². The second-order valence-corrected chi connectivity index (χ2v) is 3.30. The topological polar surface area (TPSA) is 0 Å². The van der Waals surface area contributed by atoms with Crippen molar-refractivity contribution in [2.24, 2.45) is 5.41 Å². The summed E-state index contributed by atoms with van der Waals surface area (Å²) in [4.78, 5) is 0. The SMILES string of the molecule is C=C(C)CC([CH2-])(C)C.[Y]. The van der Waals surface area contributed by atoms with Gasteiger partial charge in [-0.05, 0) is 6.92 Å². The second kappa shape index (κ2) is 4.63. The molecule has 0 bridgehead atoms. The Hall–Kier alpha value is 0.844. The number of hydrogen-bond donors (Lipinski definition) is 0. The van der Waals surface area contributed by atoms with E-state index in [1.165, 1.54) is 5.57 Å². The van der Waals surface area contributed by atoms with Crippen LogP contribution in [0, 0.1) is 12.3 Å². The molecule has 51 valence electrons. The normalized spacial score (nSPS) is 10.2. The summed E-state index contributed by atoms with van der Waals surface area (Å²) in [7, 11) is 0. The zero-order valence-corrected chi connectivity index (χ0v) is 9.54. The third-order valence-electron chi connectivity index (χ3n) is 0.780. The Morgan fingerprint density at radius 3 is 1.89 bits per heavy atom. The van der Waals surface area contributed by atoms with Gasteiger partial charge in [-0.15, -0.1) is 6.58 Å². The first-order chi connectivity index (χ1) is 3.42. The van der Waals surface area contributed by atoms with Crippen LogP contribution in [0.15, 0.2) is 12.2 Å². The minimum atomic E-state index is 0. The van der Waals surface area contributed by atoms with E-state index >= 15 is 0 Å². The Labute approximate surface area is 84.0 Å². The van der Waals surface area contributed by atoms with E-state index in [9.17, 15) is 0 Å². The van der Waals surface area contributed by atoms with Gasteiger partial charge in [0.25, 0.3) is 0 Å². The fraction of sp³-hybridized carbons (Fsp3) is 0.625. The zero-order chi connectivity index (χ0) is 6.78. The summed E-state index contributed by atoms with van der Waals surface area (Å²) in [5, 5.41) is 0. The maximum Gasteiger partial charge on any atom is 0 e. The molecule has 0 fully saturated rings. The van der Waals surface area contributed by atoms with Crippen LogP contribution >= 0.6 is 0 Å². The Kier molecular flexibility index (Phi) is 6.43. The first-order valence-electron chi connectivity index (χ1n) is 2.91. The van der Waals surface area contributed by atoms with E-state index in [0.717, 1.165) is 6.42 Å². The summed E-state index contributed by atoms with van der Waals surface area (Å²) in [6.07, 6.45) is 1.02. The molecule has 0 aromatic heterocycles. The minimum Gasteiger partial charge on any atom is -0.337 e. The number of allylic oxidation sites excluding steroid dienone is 1. The van der Waals surface area contributed by atoms with Crippen LogP contribution in [0.4, 0.5) is 0 Å². The predicted molar refractivity (Wildman–Crippen MR) is 38.6 cm³/mol. The van der Waals surface area contributed by atoms with Crippen molar-refractivity contribution < 1.29 is 32.7 Å². The van der Waals surface area contributed by atoms with Gasteiger partial charge in [-0.2, -0.15) is 5.41 Å². The van der Waals surface area contributed by atoms with Crippen LogP contribution in [0.2, 0.25) is 0 Å². The van der Waals surface area contributed by atoms with Gasteiger partial charge in [0, 0.05) is 32.7 Å². The Balaban J connectivity index is 0. The molecule has 0 aromatic carbocycles. The summed E-state index contributed by atoms with van der Waals surface area (Å²) in [5.74, 6) is 0. The molecular weight excluding hydrogens is 185 g/mol. The molecular formula is C8H15Y-. The summed E-state index contributed by atoms with van der Waals surface area (Å²) in [5.41, 5.74) is 1.39. The van der Waals surface area contributed by atoms with Crippen LogP contribution in [0.1, 0.15) is 27.2 Å². The van der Waals surface area contributed by atoms with E-state index in [0.29, 0.717) is 0 Å². The van der Waals surface area contributed by atoms with Crippen LogP contribution < -0.4 is 0 Å². The maximum absolute atomic E-state index is 3.95. The zero-order valence-electron chi connectivity index (χ0n) is 6.70. The van der Waals surface area contributed by atoms with Gasteiger partial charge < -0.3 is 6.92 Å². The average molecular weight is 200 g/mol. The second-order valence-electron chi connectivity index (χ2n) is 3.30. The molecule has 0 aliphatic carbocycles. The number of rotatable bonds is 2. The van der Waals surface area contributed by atoms with Crippen molar-refractivity contribution in [3.05, 3.63) is 19.1 Å². The molecule has 1 radical (unpaired) electrons. The molecule has 0 aromatic rings. The van der Waals surface area contributed by atoms with Crippen molar-refractivity contribution in [2.45, 2.75) is 27.2 Å². The molecule has 1 heteroatoms. The van der Waals surface area contributed by atoms with Crippen molar-refractivity contribution in [2.75, 3.05) is 0 Å². The molecule has 0 unspecified atom stereocenters. The summed E-state index contributed by atoms with van der Waals surface area (Å²) in [6.45, 7) is 14.0. The third kappa shape index (κ3) is 12.1. The van der Waals surface area contributed by atoms with Crippen LogP contribution in [-0.4, -0.2) is 0 Å². The van der Waals surface area contributed by atoms with E-state index in [2.05, 4.69) is 27.4 Å². The van der Waals surface area contributed by atoms with E-state index < -0.39 is 0 Å². The van der Waals surface area contributed by atoms with E-state index in [1.54, 1.807) is 0 Å². The minimum absolute atomic E-state index is 0. The molecule has 0 saturated carbocycles. The summed E-state index contributed by atoms with van der Waals surface area (Å²) >= 11 is 0. The first-order valence-corrected chi connectivity index (χ1v) is 2.91. The molecule has 0 nitrogen and oxygen atoms in total. The van der Waals surface area contributed by atoms with Gasteiger partial charge in [0.2, 0.25) is 0 Å². The predicted octanol–water partition coefficient (Wildman–Crippen LogP) is 2.81. The molecule has 0 rings (SSSR count). The van der Waals surface area contributed by atoms with Gasteiger partial charge in [0.1, 0.15) is 0 Å². The molecule has 0 aliphatic heterocycles. The van der Waals surface area contributed by atoms with Gasteiger partial charge >= 0.3 is 0 Å². The third-order valence-corrected chi connectivity index (χ3v) is 0.780. The van der Waals surface area contributed by atoms with Crippen molar-refractivity contribution in [1.29, 1.82) is 0 Å². The van der Waals surface area contributed by atoms with Gasteiger partial charge in [0.15, 0.2) is 0 Å². The fourth-order valence-electron chi connectivity index (χ4n) is 0.817. The molecule has 0 N–H and O–H groups in total. The largest absolute Gasteiger partial charge is 0.337 e. The smallest absolute Gasteiger partial charge is 0 e. The fourth-order valence-corrected chi connectivity index (χ4v) is 0.817. The average Bonchev–Trinajstić information content (AvgIpc) is 1.21.